The summed E-state index contributed by atoms with van der Waals surface area (Å²) in [5.41, 5.74) is 2.98. The quantitative estimate of drug-likeness (QED) is 0.629. The minimum Gasteiger partial charge on any atom is -0.422 e. The van der Waals surface area contributed by atoms with Gasteiger partial charge in [-0.15, -0.1) is 0 Å². The maximum Gasteiger partial charge on any atom is 0.349 e. The number of piperidine rings is 1. The van der Waals surface area contributed by atoms with E-state index < -0.39 is 5.63 Å². The van der Waals surface area contributed by atoms with Gasteiger partial charge in [-0.05, 0) is 49.8 Å². The number of nitrogens with zero attached hydrogens (tertiary/aromatic N) is 1. The lowest BCUT2D eigenvalue weighted by molar-refractivity contribution is 0.112. The molecule has 0 saturated carbocycles. The lowest BCUT2D eigenvalue weighted by atomic mass is 9.97. The molecule has 116 valence electrons. The third-order valence-corrected chi connectivity index (χ3v) is 4.56. The van der Waals surface area contributed by atoms with Crippen molar-refractivity contribution in [2.24, 2.45) is 5.92 Å². The number of aryl methyl sites for hydroxylation is 2. The van der Waals surface area contributed by atoms with Gasteiger partial charge in [-0.25, -0.2) is 4.79 Å². The lowest BCUT2D eigenvalue weighted by Gasteiger charge is -2.33. The van der Waals surface area contributed by atoms with E-state index in [4.69, 9.17) is 4.42 Å². The normalized spacial score (nSPS) is 16.2. The Bertz CT molecular complexity index is 783. The molecule has 1 aliphatic heterocycles. The molecular formula is C18H21NO3. The SMILES string of the molecule is Cc1cc(C)c2oc(=O)c(C=O)c(N3CCC(C)CC3)c2c1. The Morgan fingerprint density at radius 3 is 2.55 bits per heavy atom. The average molecular weight is 299 g/mol. The van der Waals surface area contributed by atoms with Crippen LogP contribution in [-0.4, -0.2) is 19.4 Å². The summed E-state index contributed by atoms with van der Waals surface area (Å²) >= 11 is 0. The van der Waals surface area contributed by atoms with Gasteiger partial charge in [0, 0.05) is 18.5 Å². The monoisotopic (exact) mass is 299 g/mol. The van der Waals surface area contributed by atoms with Crippen LogP contribution in [0.5, 0.6) is 0 Å². The van der Waals surface area contributed by atoms with Crippen molar-refractivity contribution >= 4 is 22.9 Å². The highest BCUT2D eigenvalue weighted by Crippen LogP contribution is 2.33. The molecule has 1 aromatic carbocycles. The Morgan fingerprint density at radius 2 is 1.91 bits per heavy atom. The molecule has 0 atom stereocenters. The van der Waals surface area contributed by atoms with Crippen molar-refractivity contribution < 1.29 is 9.21 Å². The van der Waals surface area contributed by atoms with E-state index in [1.807, 2.05) is 26.0 Å². The molecule has 4 heteroatoms. The van der Waals surface area contributed by atoms with Crippen LogP contribution in [0.1, 0.15) is 41.3 Å². The van der Waals surface area contributed by atoms with Crippen molar-refractivity contribution in [3.8, 4) is 0 Å². The summed E-state index contributed by atoms with van der Waals surface area (Å²) in [6, 6.07) is 4.00. The number of anilines is 1. The smallest absolute Gasteiger partial charge is 0.349 e. The number of hydrogen-bond acceptors (Lipinski definition) is 4. The molecule has 0 N–H and O–H groups in total. The van der Waals surface area contributed by atoms with Crippen molar-refractivity contribution in [1.29, 1.82) is 0 Å². The number of rotatable bonds is 2. The predicted molar refractivity (Wildman–Crippen MR) is 88.0 cm³/mol. The first kappa shape index (κ1) is 14.8. The minimum atomic E-state index is -0.539. The summed E-state index contributed by atoms with van der Waals surface area (Å²) in [7, 11) is 0. The van der Waals surface area contributed by atoms with E-state index >= 15 is 0 Å². The fourth-order valence-corrected chi connectivity index (χ4v) is 3.33. The van der Waals surface area contributed by atoms with Crippen LogP contribution in [0.2, 0.25) is 0 Å². The van der Waals surface area contributed by atoms with Gasteiger partial charge in [0.1, 0.15) is 11.1 Å². The molecule has 1 fully saturated rings. The Labute approximate surface area is 129 Å². The van der Waals surface area contributed by atoms with Gasteiger partial charge in [-0.1, -0.05) is 13.0 Å². The van der Waals surface area contributed by atoms with E-state index in [0.29, 0.717) is 17.8 Å². The third kappa shape index (κ3) is 2.43. The van der Waals surface area contributed by atoms with Crippen LogP contribution in [0.25, 0.3) is 11.0 Å². The molecule has 4 nitrogen and oxygen atoms in total. The largest absolute Gasteiger partial charge is 0.422 e. The van der Waals surface area contributed by atoms with Gasteiger partial charge in [-0.2, -0.15) is 0 Å². The first-order valence-electron chi connectivity index (χ1n) is 7.79. The van der Waals surface area contributed by atoms with Crippen LogP contribution in [-0.2, 0) is 0 Å². The molecule has 2 aromatic rings. The topological polar surface area (TPSA) is 50.5 Å². The Kier molecular flexibility index (Phi) is 3.77. The van der Waals surface area contributed by atoms with Gasteiger partial charge < -0.3 is 9.32 Å². The molecule has 0 spiro atoms. The van der Waals surface area contributed by atoms with Crippen LogP contribution in [0, 0.1) is 19.8 Å². The molecule has 0 unspecified atom stereocenters. The standard InChI is InChI=1S/C18H21NO3/c1-11-4-6-19(7-5-11)16-14-9-12(2)8-13(3)17(14)22-18(21)15(16)10-20/h8-11H,4-7H2,1-3H3. The fourth-order valence-electron chi connectivity index (χ4n) is 3.33. The summed E-state index contributed by atoms with van der Waals surface area (Å²) in [6.45, 7) is 7.92. The molecule has 1 saturated heterocycles. The van der Waals surface area contributed by atoms with Crippen molar-refractivity contribution in [2.75, 3.05) is 18.0 Å². The van der Waals surface area contributed by atoms with E-state index in [1.165, 1.54) is 0 Å². The maximum absolute atomic E-state index is 12.2. The number of carbonyl (C=O) groups is 1. The number of carbonyl (C=O) groups excluding carboxylic acids is 1. The van der Waals surface area contributed by atoms with Crippen molar-refractivity contribution in [2.45, 2.75) is 33.6 Å². The highest BCUT2D eigenvalue weighted by Gasteiger charge is 2.24. The zero-order chi connectivity index (χ0) is 15.9. The van der Waals surface area contributed by atoms with Crippen molar-refractivity contribution in [3.05, 3.63) is 39.2 Å². The van der Waals surface area contributed by atoms with Gasteiger partial charge in [0.2, 0.25) is 0 Å². The Hall–Kier alpha value is -2.10. The molecule has 2 heterocycles. The molecule has 0 bridgehead atoms. The summed E-state index contributed by atoms with van der Waals surface area (Å²) in [6.07, 6.45) is 2.78. The summed E-state index contributed by atoms with van der Waals surface area (Å²) in [5, 5.41) is 0.869. The van der Waals surface area contributed by atoms with Gasteiger partial charge >= 0.3 is 5.63 Å². The second kappa shape index (κ2) is 5.59. The van der Waals surface area contributed by atoms with E-state index in [1.54, 1.807) is 0 Å². The summed E-state index contributed by atoms with van der Waals surface area (Å²) in [5.74, 6) is 0.686. The average Bonchev–Trinajstić information content (AvgIpc) is 2.48. The van der Waals surface area contributed by atoms with Gasteiger partial charge in [0.15, 0.2) is 6.29 Å². The van der Waals surface area contributed by atoms with Crippen LogP contribution < -0.4 is 10.5 Å². The molecular weight excluding hydrogens is 278 g/mol. The molecule has 0 amide bonds. The Morgan fingerprint density at radius 1 is 1.23 bits per heavy atom. The van der Waals surface area contributed by atoms with E-state index in [0.717, 1.165) is 48.1 Å². The summed E-state index contributed by atoms with van der Waals surface area (Å²) in [4.78, 5) is 25.9. The summed E-state index contributed by atoms with van der Waals surface area (Å²) < 4.78 is 5.41. The van der Waals surface area contributed by atoms with E-state index in [2.05, 4.69) is 11.8 Å². The molecule has 0 radical (unpaired) electrons. The molecule has 1 aliphatic rings. The predicted octanol–water partition coefficient (Wildman–Crippen LogP) is 3.46. The third-order valence-electron chi connectivity index (χ3n) is 4.56. The molecule has 22 heavy (non-hydrogen) atoms. The van der Waals surface area contributed by atoms with Gasteiger partial charge in [-0.3, -0.25) is 4.79 Å². The highest BCUT2D eigenvalue weighted by molar-refractivity contribution is 6.00. The zero-order valence-electron chi connectivity index (χ0n) is 13.3. The lowest BCUT2D eigenvalue weighted by Crippen LogP contribution is -2.34. The number of aldehydes is 1. The van der Waals surface area contributed by atoms with E-state index in [-0.39, 0.29) is 5.56 Å². The fraction of sp³-hybridized carbons (Fsp3) is 0.444. The molecule has 1 aromatic heterocycles. The van der Waals surface area contributed by atoms with Crippen molar-refractivity contribution in [3.63, 3.8) is 0 Å². The van der Waals surface area contributed by atoms with Gasteiger partial charge in [0.25, 0.3) is 0 Å². The van der Waals surface area contributed by atoms with Crippen LogP contribution in [0.15, 0.2) is 21.3 Å². The second-order valence-corrected chi connectivity index (χ2v) is 6.40. The number of benzene rings is 1. The second-order valence-electron chi connectivity index (χ2n) is 6.40. The van der Waals surface area contributed by atoms with Crippen LogP contribution in [0.4, 0.5) is 5.69 Å². The van der Waals surface area contributed by atoms with Gasteiger partial charge in [0.05, 0.1) is 5.69 Å². The maximum atomic E-state index is 12.2. The minimum absolute atomic E-state index is 0.145. The number of hydrogen-bond donors (Lipinski definition) is 0. The molecule has 3 rings (SSSR count). The zero-order valence-corrected chi connectivity index (χ0v) is 13.3. The van der Waals surface area contributed by atoms with E-state index in [9.17, 15) is 9.59 Å². The van der Waals surface area contributed by atoms with Crippen LogP contribution >= 0.6 is 0 Å². The molecule has 0 aliphatic carbocycles. The highest BCUT2D eigenvalue weighted by atomic mass is 16.4. The first-order valence-corrected chi connectivity index (χ1v) is 7.79. The first-order chi connectivity index (χ1) is 10.5. The van der Waals surface area contributed by atoms with Crippen LogP contribution in [0.3, 0.4) is 0 Å². The van der Waals surface area contributed by atoms with Crippen molar-refractivity contribution in [1.82, 2.24) is 0 Å². The number of fused-ring (bicyclic) bond motifs is 1. The Balaban J connectivity index is 2.29.